The SMILES string of the molecule is CCC(CC(F)F)C(=O)NC1(C2CCN(C(=O)C3C4CCCCC43)CC2)CC1. The van der Waals surface area contributed by atoms with E-state index < -0.39 is 12.3 Å². The Labute approximate surface area is 166 Å². The van der Waals surface area contributed by atoms with Crippen LogP contribution in [0.3, 0.4) is 0 Å². The van der Waals surface area contributed by atoms with Crippen molar-refractivity contribution < 1.29 is 18.4 Å². The molecule has 3 atom stereocenters. The number of likely N-dealkylation sites (tertiary alicyclic amines) is 1. The normalized spacial score (nSPS) is 32.6. The number of rotatable bonds is 7. The molecule has 6 heteroatoms. The van der Waals surface area contributed by atoms with Gasteiger partial charge in [0.2, 0.25) is 18.2 Å². The van der Waals surface area contributed by atoms with Crippen LogP contribution in [-0.2, 0) is 9.59 Å². The summed E-state index contributed by atoms with van der Waals surface area (Å²) >= 11 is 0. The number of alkyl halides is 2. The van der Waals surface area contributed by atoms with Gasteiger partial charge < -0.3 is 10.2 Å². The Morgan fingerprint density at radius 3 is 2.18 bits per heavy atom. The molecule has 4 nitrogen and oxygen atoms in total. The molecule has 0 spiro atoms. The molecular formula is C22H34F2N2O2. The van der Waals surface area contributed by atoms with Crippen molar-refractivity contribution in [3.63, 3.8) is 0 Å². The zero-order chi connectivity index (χ0) is 19.9. The maximum Gasteiger partial charge on any atom is 0.239 e. The average molecular weight is 397 g/mol. The Hall–Kier alpha value is -1.20. The summed E-state index contributed by atoms with van der Waals surface area (Å²) in [6.07, 6.45) is 6.38. The minimum atomic E-state index is -2.44. The topological polar surface area (TPSA) is 49.4 Å². The molecule has 0 bridgehead atoms. The van der Waals surface area contributed by atoms with Crippen LogP contribution in [0.5, 0.6) is 0 Å². The lowest BCUT2D eigenvalue weighted by molar-refractivity contribution is -0.135. The number of carbonyl (C=O) groups excluding carboxylic acids is 2. The van der Waals surface area contributed by atoms with E-state index >= 15 is 0 Å². The maximum atomic E-state index is 12.9. The molecule has 1 N–H and O–H groups in total. The number of carbonyl (C=O) groups is 2. The molecule has 2 amide bonds. The fraction of sp³-hybridized carbons (Fsp3) is 0.909. The lowest BCUT2D eigenvalue weighted by Gasteiger charge is -2.37. The minimum absolute atomic E-state index is 0.199. The zero-order valence-electron chi connectivity index (χ0n) is 17.0. The second-order valence-electron chi connectivity index (χ2n) is 9.61. The lowest BCUT2D eigenvalue weighted by Crippen LogP contribution is -2.50. The summed E-state index contributed by atoms with van der Waals surface area (Å²) in [6, 6.07) is 0. The predicted molar refractivity (Wildman–Crippen MR) is 103 cm³/mol. The smallest absolute Gasteiger partial charge is 0.239 e. The van der Waals surface area contributed by atoms with Gasteiger partial charge >= 0.3 is 0 Å². The average Bonchev–Trinajstić information content (AvgIpc) is 3.60. The molecule has 0 aromatic rings. The summed E-state index contributed by atoms with van der Waals surface area (Å²) < 4.78 is 25.4. The number of nitrogens with zero attached hydrogens (tertiary/aromatic N) is 1. The zero-order valence-corrected chi connectivity index (χ0v) is 17.0. The van der Waals surface area contributed by atoms with Crippen LogP contribution in [0.25, 0.3) is 0 Å². The summed E-state index contributed by atoms with van der Waals surface area (Å²) in [4.78, 5) is 27.5. The maximum absolute atomic E-state index is 12.9. The van der Waals surface area contributed by atoms with Gasteiger partial charge in [-0.15, -0.1) is 0 Å². The molecular weight excluding hydrogens is 362 g/mol. The molecule has 4 aliphatic rings. The minimum Gasteiger partial charge on any atom is -0.350 e. The van der Waals surface area contributed by atoms with Crippen LogP contribution in [0.2, 0.25) is 0 Å². The highest BCUT2D eigenvalue weighted by atomic mass is 19.3. The highest BCUT2D eigenvalue weighted by molar-refractivity contribution is 5.82. The molecule has 1 aliphatic heterocycles. The van der Waals surface area contributed by atoms with Crippen molar-refractivity contribution in [2.75, 3.05) is 13.1 Å². The van der Waals surface area contributed by atoms with Crippen molar-refractivity contribution in [1.82, 2.24) is 10.2 Å². The third-order valence-electron chi connectivity index (χ3n) is 8.02. The van der Waals surface area contributed by atoms with E-state index in [9.17, 15) is 18.4 Å². The second-order valence-corrected chi connectivity index (χ2v) is 9.61. The van der Waals surface area contributed by atoms with E-state index in [4.69, 9.17) is 0 Å². The first-order valence-corrected chi connectivity index (χ1v) is 11.3. The number of amides is 2. The van der Waals surface area contributed by atoms with Gasteiger partial charge in [-0.3, -0.25) is 9.59 Å². The number of piperidine rings is 1. The number of nitrogens with one attached hydrogen (secondary N) is 1. The molecule has 3 saturated carbocycles. The fourth-order valence-corrected chi connectivity index (χ4v) is 6.01. The summed E-state index contributed by atoms with van der Waals surface area (Å²) in [5.41, 5.74) is -0.199. The molecule has 0 radical (unpaired) electrons. The first kappa shape index (κ1) is 20.1. The highest BCUT2D eigenvalue weighted by Gasteiger charge is 2.57. The molecule has 4 fully saturated rings. The highest BCUT2D eigenvalue weighted by Crippen LogP contribution is 2.56. The van der Waals surface area contributed by atoms with Gasteiger partial charge in [0.1, 0.15) is 0 Å². The first-order chi connectivity index (χ1) is 13.4. The van der Waals surface area contributed by atoms with Crippen LogP contribution in [0, 0.1) is 29.6 Å². The van der Waals surface area contributed by atoms with Gasteiger partial charge in [-0.2, -0.15) is 0 Å². The van der Waals surface area contributed by atoms with Crippen molar-refractivity contribution in [3.8, 4) is 0 Å². The third-order valence-corrected chi connectivity index (χ3v) is 8.02. The molecule has 4 rings (SSSR count). The number of hydrogen-bond acceptors (Lipinski definition) is 2. The van der Waals surface area contributed by atoms with Crippen molar-refractivity contribution in [2.45, 2.75) is 83.1 Å². The standard InChI is InChI=1S/C22H34F2N2O2/c1-2-14(13-18(23)24)20(27)25-22(9-10-22)15-7-11-26(12-8-15)21(28)19-16-5-3-4-6-17(16)19/h14-19H,2-13H2,1H3,(H,25,27). The van der Waals surface area contributed by atoms with E-state index in [1.807, 2.05) is 0 Å². The molecule has 1 heterocycles. The summed E-state index contributed by atoms with van der Waals surface area (Å²) in [6.45, 7) is 3.36. The molecule has 3 unspecified atom stereocenters. The van der Waals surface area contributed by atoms with Crippen LogP contribution in [0.1, 0.15) is 71.1 Å². The number of halogens is 2. The molecule has 3 aliphatic carbocycles. The summed E-state index contributed by atoms with van der Waals surface area (Å²) in [5.74, 6) is 1.51. The number of fused-ring (bicyclic) bond motifs is 1. The van der Waals surface area contributed by atoms with Crippen molar-refractivity contribution in [3.05, 3.63) is 0 Å². The van der Waals surface area contributed by atoms with E-state index in [0.29, 0.717) is 30.1 Å². The van der Waals surface area contributed by atoms with Crippen LogP contribution >= 0.6 is 0 Å². The predicted octanol–water partition coefficient (Wildman–Crippen LogP) is 3.99. The Morgan fingerprint density at radius 1 is 1.07 bits per heavy atom. The first-order valence-electron chi connectivity index (χ1n) is 11.3. The van der Waals surface area contributed by atoms with Gasteiger partial charge in [0.15, 0.2) is 0 Å². The van der Waals surface area contributed by atoms with Gasteiger partial charge in [-0.1, -0.05) is 19.8 Å². The van der Waals surface area contributed by atoms with E-state index in [2.05, 4.69) is 10.2 Å². The molecule has 0 aromatic heterocycles. The van der Waals surface area contributed by atoms with Crippen molar-refractivity contribution in [1.29, 1.82) is 0 Å². The van der Waals surface area contributed by atoms with Crippen LogP contribution < -0.4 is 5.32 Å². The lowest BCUT2D eigenvalue weighted by atomic mass is 9.86. The van der Waals surface area contributed by atoms with Gasteiger partial charge in [0.05, 0.1) is 0 Å². The second kappa shape index (κ2) is 7.91. The fourth-order valence-electron chi connectivity index (χ4n) is 6.01. The van der Waals surface area contributed by atoms with E-state index in [-0.39, 0.29) is 23.8 Å². The van der Waals surface area contributed by atoms with Gasteiger partial charge in [0, 0.05) is 36.9 Å². The van der Waals surface area contributed by atoms with Crippen molar-refractivity contribution in [2.24, 2.45) is 29.6 Å². The Morgan fingerprint density at radius 2 is 1.68 bits per heavy atom. The molecule has 158 valence electrons. The largest absolute Gasteiger partial charge is 0.350 e. The van der Waals surface area contributed by atoms with Crippen LogP contribution in [0.15, 0.2) is 0 Å². The van der Waals surface area contributed by atoms with Crippen LogP contribution in [0.4, 0.5) is 8.78 Å². The summed E-state index contributed by atoms with van der Waals surface area (Å²) in [7, 11) is 0. The number of hydrogen-bond donors (Lipinski definition) is 1. The van der Waals surface area contributed by atoms with E-state index in [1.54, 1.807) is 6.92 Å². The van der Waals surface area contributed by atoms with E-state index in [0.717, 1.165) is 38.8 Å². The Kier molecular flexibility index (Phi) is 5.67. The van der Waals surface area contributed by atoms with Gasteiger partial charge in [-0.25, -0.2) is 8.78 Å². The molecule has 0 aromatic carbocycles. The van der Waals surface area contributed by atoms with Gasteiger partial charge in [-0.05, 0) is 62.7 Å². The Balaban J connectivity index is 1.27. The third kappa shape index (κ3) is 3.93. The molecule has 1 saturated heterocycles. The quantitative estimate of drug-likeness (QED) is 0.707. The molecule has 28 heavy (non-hydrogen) atoms. The van der Waals surface area contributed by atoms with Crippen molar-refractivity contribution >= 4 is 11.8 Å². The van der Waals surface area contributed by atoms with Gasteiger partial charge in [0.25, 0.3) is 0 Å². The monoisotopic (exact) mass is 396 g/mol. The Bertz CT molecular complexity index is 587. The van der Waals surface area contributed by atoms with E-state index in [1.165, 1.54) is 25.7 Å². The summed E-state index contributed by atoms with van der Waals surface area (Å²) in [5, 5.41) is 3.14. The van der Waals surface area contributed by atoms with Crippen LogP contribution in [-0.4, -0.2) is 41.8 Å².